The molecule has 54 heavy (non-hydrogen) atoms. The van der Waals surface area contributed by atoms with Crippen LogP contribution in [0.3, 0.4) is 0 Å². The molecule has 0 heterocycles. The minimum atomic E-state index is 0. The van der Waals surface area contributed by atoms with Crippen molar-refractivity contribution in [2.75, 3.05) is 0 Å². The Kier molecular flexibility index (Phi) is 17.3. The maximum atomic E-state index is 3.34. The van der Waals surface area contributed by atoms with Gasteiger partial charge in [0.05, 0.1) is 0 Å². The molecule has 5 aliphatic carbocycles. The maximum absolute atomic E-state index is 3.34. The number of hydrogen-bond acceptors (Lipinski definition) is 0. The number of allylic oxidation sites excluding steroid dienone is 10. The van der Waals surface area contributed by atoms with Crippen molar-refractivity contribution in [2.45, 2.75) is 102 Å². The fraction of sp³-hybridized carbons (Fsp3) is 0.412. The van der Waals surface area contributed by atoms with Gasteiger partial charge in [0, 0.05) is 0 Å². The van der Waals surface area contributed by atoms with E-state index in [9.17, 15) is 0 Å². The molecule has 3 aromatic rings. The van der Waals surface area contributed by atoms with Crippen molar-refractivity contribution in [2.24, 2.45) is 33.5 Å². The first kappa shape index (κ1) is 47.7. The number of fused-ring (bicyclic) bond motifs is 6. The molecule has 3 heteroatoms. The van der Waals surface area contributed by atoms with Gasteiger partial charge in [-0.25, -0.2) is 17.6 Å². The molecule has 0 N–H and O–H groups in total. The van der Waals surface area contributed by atoms with Crippen molar-refractivity contribution in [1.82, 2.24) is 0 Å². The second kappa shape index (κ2) is 19.6. The summed E-state index contributed by atoms with van der Waals surface area (Å²) >= 11 is 1.30. The SMILES string of the molecule is CC1=CC(C)[C-]=C1.C[C-]1C2=C3Cc4ccccc4C3=C3C=CCCC3C2(C)C(C)(C)C(C)(C)C1(C)C.Cc1cc[c-]cc1.Cc1cc[c-]cc1.Cl.Cl.[CH2]=[Zr]. The molecule has 0 saturated heterocycles. The van der Waals surface area contributed by atoms with Crippen LogP contribution in [0.15, 0.2) is 119 Å². The van der Waals surface area contributed by atoms with E-state index in [0.717, 1.165) is 6.42 Å². The number of rotatable bonds is 0. The van der Waals surface area contributed by atoms with Gasteiger partial charge in [0.1, 0.15) is 0 Å². The van der Waals surface area contributed by atoms with E-state index in [2.05, 4.69) is 148 Å². The van der Waals surface area contributed by atoms with Gasteiger partial charge < -0.3 is 0 Å². The standard InChI is InChI=1S/C29H37.C7H9.2C7H7.CH2.2ClH.Zr/c1-18-25-22-17-19-13-9-10-14-20(19)24(22)21-15-11-12-16-23(21)29(25,8)28(6,7)27(4,5)26(18,2)3;1-6-3-4-7(2)5-6;2*1-7-5-3-2-4-6-7;;;;/h9-11,13-15,23H,12,16-17H2,1-8H3;3,5,7H,1-2H3;2*3-6H,1H3;1H2;2*1H;/q4*-1;;;;. The van der Waals surface area contributed by atoms with Gasteiger partial charge >= 0.3 is 28.4 Å². The number of hydrogen-bond donors (Lipinski definition) is 0. The molecule has 0 aliphatic heterocycles. The van der Waals surface area contributed by atoms with E-state index >= 15 is 0 Å². The molecule has 0 spiro atoms. The topological polar surface area (TPSA) is 0 Å². The van der Waals surface area contributed by atoms with Gasteiger partial charge in [-0.1, -0.05) is 140 Å². The molecule has 1 fully saturated rings. The predicted octanol–water partition coefficient (Wildman–Crippen LogP) is 14.3. The summed E-state index contributed by atoms with van der Waals surface area (Å²) in [5, 5.41) is 0. The Morgan fingerprint density at radius 2 is 1.31 bits per heavy atom. The van der Waals surface area contributed by atoms with Crippen LogP contribution in [0, 0.1) is 71.5 Å². The average molecular weight is 839 g/mol. The van der Waals surface area contributed by atoms with Gasteiger partial charge in [-0.05, 0) is 40.6 Å². The molecule has 0 bridgehead atoms. The van der Waals surface area contributed by atoms with Crippen molar-refractivity contribution >= 4 is 34.6 Å². The number of halogens is 2. The zero-order valence-corrected chi connectivity index (χ0v) is 39.1. The van der Waals surface area contributed by atoms with Crippen molar-refractivity contribution in [1.29, 1.82) is 0 Å². The van der Waals surface area contributed by atoms with Crippen LogP contribution in [0.1, 0.15) is 104 Å². The fourth-order valence-electron chi connectivity index (χ4n) is 9.26. The Morgan fingerprint density at radius 1 is 0.778 bits per heavy atom. The van der Waals surface area contributed by atoms with Crippen molar-refractivity contribution in [3.05, 3.63) is 166 Å². The zero-order valence-electron chi connectivity index (χ0n) is 35.0. The van der Waals surface area contributed by atoms with Gasteiger partial charge in [0.15, 0.2) is 0 Å². The van der Waals surface area contributed by atoms with E-state index in [1.165, 1.54) is 64.9 Å². The molecular weight excluding hydrogens is 775 g/mol. The molecule has 3 aromatic carbocycles. The molecule has 290 valence electrons. The van der Waals surface area contributed by atoms with Crippen LogP contribution in [0.2, 0.25) is 0 Å². The van der Waals surface area contributed by atoms with Gasteiger partial charge in [-0.15, -0.1) is 38.7 Å². The normalized spacial score (nSPS) is 23.8. The molecule has 0 amide bonds. The summed E-state index contributed by atoms with van der Waals surface area (Å²) in [5.41, 5.74) is 14.2. The van der Waals surface area contributed by atoms with Crippen LogP contribution >= 0.6 is 24.8 Å². The first-order chi connectivity index (χ1) is 24.6. The molecule has 0 aromatic heterocycles. The summed E-state index contributed by atoms with van der Waals surface area (Å²) in [6.45, 7) is 28.6. The first-order valence-corrected chi connectivity index (χ1v) is 20.9. The Hall–Kier alpha value is -2.44. The quantitative estimate of drug-likeness (QED) is 0.198. The van der Waals surface area contributed by atoms with E-state index in [1.54, 1.807) is 28.2 Å². The Labute approximate surface area is 358 Å². The third-order valence-electron chi connectivity index (χ3n) is 13.6. The summed E-state index contributed by atoms with van der Waals surface area (Å²) in [7, 11) is 0. The van der Waals surface area contributed by atoms with Gasteiger partial charge in [0.2, 0.25) is 0 Å². The summed E-state index contributed by atoms with van der Waals surface area (Å²) in [5.74, 6) is 2.80. The van der Waals surface area contributed by atoms with E-state index in [0.29, 0.717) is 11.8 Å². The van der Waals surface area contributed by atoms with Crippen LogP contribution in [0.25, 0.3) is 5.57 Å². The molecule has 0 nitrogen and oxygen atoms in total. The summed E-state index contributed by atoms with van der Waals surface area (Å²) in [4.78, 5) is 0. The van der Waals surface area contributed by atoms with Crippen LogP contribution in [0.4, 0.5) is 0 Å². The van der Waals surface area contributed by atoms with E-state index in [1.807, 2.05) is 54.6 Å². The molecule has 5 aliphatic rings. The molecule has 3 unspecified atom stereocenters. The van der Waals surface area contributed by atoms with Crippen LogP contribution in [-0.2, 0) is 30.7 Å². The Bertz CT molecular complexity index is 1800. The molecule has 8 rings (SSSR count). The predicted molar refractivity (Wildman–Crippen MR) is 237 cm³/mol. The molecule has 3 atom stereocenters. The summed E-state index contributed by atoms with van der Waals surface area (Å²) in [6.07, 6.45) is 15.9. The van der Waals surface area contributed by atoms with Crippen LogP contribution < -0.4 is 0 Å². The second-order valence-corrected chi connectivity index (χ2v) is 16.9. The van der Waals surface area contributed by atoms with Gasteiger partial charge in [-0.2, -0.15) is 89.0 Å². The van der Waals surface area contributed by atoms with Gasteiger partial charge in [0.25, 0.3) is 0 Å². The fourth-order valence-corrected chi connectivity index (χ4v) is 9.26. The number of benzene rings is 3. The average Bonchev–Trinajstić information content (AvgIpc) is 3.71. The van der Waals surface area contributed by atoms with Crippen LogP contribution in [-0.4, -0.2) is 4.21 Å². The number of aryl methyl sites for hydroxylation is 2. The summed E-state index contributed by atoms with van der Waals surface area (Å²) in [6, 6.07) is 30.8. The van der Waals surface area contributed by atoms with Crippen molar-refractivity contribution in [3.63, 3.8) is 0 Å². The second-order valence-electron chi connectivity index (χ2n) is 16.9. The van der Waals surface area contributed by atoms with Gasteiger partial charge in [-0.3, -0.25) is 6.08 Å². The van der Waals surface area contributed by atoms with E-state index in [-0.39, 0.29) is 46.5 Å². The summed E-state index contributed by atoms with van der Waals surface area (Å²) < 4.78 is 3.34. The van der Waals surface area contributed by atoms with Crippen molar-refractivity contribution < 1.29 is 24.2 Å². The van der Waals surface area contributed by atoms with Crippen molar-refractivity contribution in [3.8, 4) is 0 Å². The third kappa shape index (κ3) is 9.06. The minimum absolute atomic E-state index is 0. The molecule has 0 radical (unpaired) electrons. The molecule has 1 saturated carbocycles. The first-order valence-electron chi connectivity index (χ1n) is 19.1. The van der Waals surface area contributed by atoms with Crippen LogP contribution in [0.5, 0.6) is 0 Å². The zero-order chi connectivity index (χ0) is 38.5. The monoisotopic (exact) mass is 836 g/mol. The van der Waals surface area contributed by atoms with E-state index in [4.69, 9.17) is 0 Å². The Morgan fingerprint density at radius 3 is 1.76 bits per heavy atom. The van der Waals surface area contributed by atoms with E-state index < -0.39 is 0 Å². The third-order valence-corrected chi connectivity index (χ3v) is 13.6. The molecular formula is C51H64Cl2Zr-4. The Balaban J connectivity index is 0.000000327.